The van der Waals surface area contributed by atoms with E-state index in [-0.39, 0.29) is 17.5 Å². The molecule has 1 aliphatic heterocycles. The maximum Gasteiger partial charge on any atom is 0.573 e. The average Bonchev–Trinajstić information content (AvgIpc) is 2.95. The summed E-state index contributed by atoms with van der Waals surface area (Å²) in [6.45, 7) is 1.91. The molecular weight excluding hydrogens is 513 g/mol. The Morgan fingerprint density at radius 3 is 2.49 bits per heavy atom. The molecule has 0 saturated heterocycles. The fourth-order valence-corrected chi connectivity index (χ4v) is 4.52. The zero-order valence-electron chi connectivity index (χ0n) is 21.3. The first kappa shape index (κ1) is 27.8. The highest BCUT2D eigenvalue weighted by Gasteiger charge is 2.36. The van der Waals surface area contributed by atoms with E-state index in [1.165, 1.54) is 30.4 Å². The number of pyridine rings is 1. The van der Waals surface area contributed by atoms with E-state index in [1.54, 1.807) is 48.7 Å². The second-order valence-corrected chi connectivity index (χ2v) is 8.96. The molecule has 8 nitrogen and oxygen atoms in total. The standard InChI is InChI=1S/C28H27F3N4O4/c1-3-17-13-22(16-36)35(34-25(17)20-10-11-23(38-2)24(14-20)39-28(29,30)31)27(32)19-8-6-18(7-9-19)26(37)21-5-4-12-33-15-21/h4-12,14-17,22,27H,3,13,32H2,1-2H3. The van der Waals surface area contributed by atoms with Gasteiger partial charge in [0.25, 0.3) is 0 Å². The van der Waals surface area contributed by atoms with Crippen molar-refractivity contribution in [1.82, 2.24) is 9.99 Å². The number of ketones is 1. The molecule has 1 aromatic heterocycles. The van der Waals surface area contributed by atoms with Gasteiger partial charge in [-0.3, -0.25) is 14.8 Å². The number of rotatable bonds is 9. The van der Waals surface area contributed by atoms with Crippen molar-refractivity contribution in [1.29, 1.82) is 0 Å². The van der Waals surface area contributed by atoms with Crippen LogP contribution in [0.1, 0.15) is 53.0 Å². The van der Waals surface area contributed by atoms with E-state index >= 15 is 0 Å². The van der Waals surface area contributed by atoms with E-state index in [2.05, 4.69) is 14.8 Å². The van der Waals surface area contributed by atoms with Crippen molar-refractivity contribution in [2.45, 2.75) is 38.3 Å². The Kier molecular flexibility index (Phi) is 8.29. The van der Waals surface area contributed by atoms with E-state index in [4.69, 9.17) is 10.5 Å². The Morgan fingerprint density at radius 1 is 1.15 bits per heavy atom. The number of aromatic nitrogens is 1. The van der Waals surface area contributed by atoms with E-state index in [0.717, 1.165) is 6.29 Å². The fourth-order valence-electron chi connectivity index (χ4n) is 4.52. The van der Waals surface area contributed by atoms with Gasteiger partial charge in [0, 0.05) is 35.0 Å². The summed E-state index contributed by atoms with van der Waals surface area (Å²) in [5.41, 5.74) is 8.88. The number of aldehydes is 1. The third kappa shape index (κ3) is 6.26. The predicted molar refractivity (Wildman–Crippen MR) is 137 cm³/mol. The van der Waals surface area contributed by atoms with E-state index < -0.39 is 24.3 Å². The molecule has 204 valence electrons. The molecular formula is C28H27F3N4O4. The maximum absolute atomic E-state index is 13.0. The molecule has 0 bridgehead atoms. The topological polar surface area (TPSA) is 107 Å². The lowest BCUT2D eigenvalue weighted by Crippen LogP contribution is -2.46. The molecule has 2 N–H and O–H groups in total. The van der Waals surface area contributed by atoms with Gasteiger partial charge in [0.1, 0.15) is 18.5 Å². The van der Waals surface area contributed by atoms with Gasteiger partial charge >= 0.3 is 6.36 Å². The van der Waals surface area contributed by atoms with Crippen LogP contribution in [-0.2, 0) is 4.79 Å². The smallest absolute Gasteiger partial charge is 0.493 e. The van der Waals surface area contributed by atoms with Gasteiger partial charge in [-0.2, -0.15) is 5.10 Å². The van der Waals surface area contributed by atoms with Gasteiger partial charge < -0.3 is 20.0 Å². The van der Waals surface area contributed by atoms with E-state index in [1.807, 2.05) is 6.92 Å². The average molecular weight is 541 g/mol. The van der Waals surface area contributed by atoms with Crippen molar-refractivity contribution < 1.29 is 32.2 Å². The SMILES string of the molecule is CCC1CC(C=O)N(C(N)c2ccc(C(=O)c3cccnc3)cc2)N=C1c1ccc(OC)c(OC(F)(F)F)c1. The molecule has 4 rings (SSSR count). The molecule has 0 aliphatic carbocycles. The number of hydrogen-bond acceptors (Lipinski definition) is 8. The Balaban J connectivity index is 1.67. The first-order valence-electron chi connectivity index (χ1n) is 12.2. The normalized spacial score (nSPS) is 18.2. The Labute approximate surface area is 223 Å². The largest absolute Gasteiger partial charge is 0.573 e. The zero-order valence-corrected chi connectivity index (χ0v) is 21.3. The molecule has 3 unspecified atom stereocenters. The van der Waals surface area contributed by atoms with Crippen molar-refractivity contribution in [3.05, 3.63) is 89.2 Å². The van der Waals surface area contributed by atoms with Crippen LogP contribution >= 0.6 is 0 Å². The molecule has 0 amide bonds. The number of alkyl halides is 3. The number of nitrogens with two attached hydrogens (primary N) is 1. The lowest BCUT2D eigenvalue weighted by molar-refractivity contribution is -0.275. The Morgan fingerprint density at radius 2 is 1.90 bits per heavy atom. The predicted octanol–water partition coefficient (Wildman–Crippen LogP) is 4.88. The Bertz CT molecular complexity index is 1350. The molecule has 1 aliphatic rings. The minimum absolute atomic E-state index is 0.0826. The van der Waals surface area contributed by atoms with Gasteiger partial charge in [-0.15, -0.1) is 13.2 Å². The van der Waals surface area contributed by atoms with Crippen LogP contribution in [0.2, 0.25) is 0 Å². The van der Waals surface area contributed by atoms with Crippen LogP contribution < -0.4 is 15.2 Å². The highest BCUT2D eigenvalue weighted by atomic mass is 19.4. The number of hydrogen-bond donors (Lipinski definition) is 1. The maximum atomic E-state index is 13.0. The first-order chi connectivity index (χ1) is 18.6. The van der Waals surface area contributed by atoms with E-state index in [9.17, 15) is 22.8 Å². The van der Waals surface area contributed by atoms with Gasteiger partial charge in [-0.1, -0.05) is 31.2 Å². The van der Waals surface area contributed by atoms with Crippen LogP contribution in [0.15, 0.2) is 72.1 Å². The number of halogens is 3. The van der Waals surface area contributed by atoms with Crippen molar-refractivity contribution in [2.24, 2.45) is 16.8 Å². The van der Waals surface area contributed by atoms with Gasteiger partial charge in [-0.05, 0) is 48.7 Å². The molecule has 2 heterocycles. The van der Waals surface area contributed by atoms with Crippen molar-refractivity contribution in [2.75, 3.05) is 7.11 Å². The third-order valence-electron chi connectivity index (χ3n) is 6.53. The molecule has 39 heavy (non-hydrogen) atoms. The number of methoxy groups -OCH3 is 1. The van der Waals surface area contributed by atoms with Gasteiger partial charge in [0.05, 0.1) is 12.8 Å². The quantitative estimate of drug-likeness (QED) is 0.305. The molecule has 0 spiro atoms. The molecule has 11 heteroatoms. The number of nitrogens with zero attached hydrogens (tertiary/aromatic N) is 3. The summed E-state index contributed by atoms with van der Waals surface area (Å²) in [4.78, 5) is 28.7. The van der Waals surface area contributed by atoms with Crippen molar-refractivity contribution >= 4 is 17.8 Å². The molecule has 0 radical (unpaired) electrons. The number of carbonyl (C=O) groups is 2. The van der Waals surface area contributed by atoms with Crippen molar-refractivity contribution in [3.8, 4) is 11.5 Å². The lowest BCUT2D eigenvalue weighted by atomic mass is 9.87. The second-order valence-electron chi connectivity index (χ2n) is 8.96. The zero-order chi connectivity index (χ0) is 28.2. The number of carbonyl (C=O) groups excluding carboxylic acids is 2. The first-order valence-corrected chi connectivity index (χ1v) is 12.2. The molecule has 3 aromatic rings. The second kappa shape index (κ2) is 11.6. The van der Waals surface area contributed by atoms with Crippen molar-refractivity contribution in [3.63, 3.8) is 0 Å². The number of benzene rings is 2. The molecule has 3 atom stereocenters. The number of hydrazone groups is 1. The van der Waals surface area contributed by atoms with Crippen LogP contribution in [0, 0.1) is 5.92 Å². The monoisotopic (exact) mass is 540 g/mol. The summed E-state index contributed by atoms with van der Waals surface area (Å²) in [6, 6.07) is 13.5. The molecule has 0 saturated carbocycles. The molecule has 2 aromatic carbocycles. The Hall–Kier alpha value is -4.25. The summed E-state index contributed by atoms with van der Waals surface area (Å²) in [5, 5.41) is 6.12. The van der Waals surface area contributed by atoms with Crippen LogP contribution in [0.5, 0.6) is 11.5 Å². The van der Waals surface area contributed by atoms with Crippen LogP contribution in [0.25, 0.3) is 0 Å². The fraction of sp³-hybridized carbons (Fsp3) is 0.286. The highest BCUT2D eigenvalue weighted by molar-refractivity contribution is 6.08. The summed E-state index contributed by atoms with van der Waals surface area (Å²) in [5.74, 6) is -0.993. The summed E-state index contributed by atoms with van der Waals surface area (Å²) in [7, 11) is 1.25. The summed E-state index contributed by atoms with van der Waals surface area (Å²) in [6.07, 6.45) is -0.990. The lowest BCUT2D eigenvalue weighted by Gasteiger charge is -2.38. The summed E-state index contributed by atoms with van der Waals surface area (Å²) < 4.78 is 48.2. The van der Waals surface area contributed by atoms with Crippen LogP contribution in [-0.4, -0.2) is 47.3 Å². The van der Waals surface area contributed by atoms with Gasteiger partial charge in [0.15, 0.2) is 17.3 Å². The van der Waals surface area contributed by atoms with Crippen LogP contribution in [0.3, 0.4) is 0 Å². The number of ether oxygens (including phenoxy) is 2. The van der Waals surface area contributed by atoms with Crippen LogP contribution in [0.4, 0.5) is 13.2 Å². The highest BCUT2D eigenvalue weighted by Crippen LogP contribution is 2.36. The third-order valence-corrected chi connectivity index (χ3v) is 6.53. The minimum atomic E-state index is -4.91. The van der Waals surface area contributed by atoms with Gasteiger partial charge in [-0.25, -0.2) is 0 Å². The molecule has 0 fully saturated rings. The van der Waals surface area contributed by atoms with E-state index in [0.29, 0.717) is 40.8 Å². The minimum Gasteiger partial charge on any atom is -0.493 e. The van der Waals surface area contributed by atoms with Gasteiger partial charge in [0.2, 0.25) is 0 Å². The summed E-state index contributed by atoms with van der Waals surface area (Å²) >= 11 is 0.